The lowest BCUT2D eigenvalue weighted by atomic mass is 9.98. The van der Waals surface area contributed by atoms with E-state index < -0.39 is 11.8 Å². The molecule has 0 bridgehead atoms. The van der Waals surface area contributed by atoms with Gasteiger partial charge in [-0.05, 0) is 60.5 Å². The molecule has 4 N–H and O–H groups in total. The second-order valence-electron chi connectivity index (χ2n) is 7.84. The van der Waals surface area contributed by atoms with Crippen LogP contribution < -0.4 is 16.0 Å². The summed E-state index contributed by atoms with van der Waals surface area (Å²) in [7, 11) is 1.88. The predicted octanol–water partition coefficient (Wildman–Crippen LogP) is 4.49. The van der Waals surface area contributed by atoms with Crippen LogP contribution in [-0.2, 0) is 22.6 Å². The first-order chi connectivity index (χ1) is 15.9. The van der Waals surface area contributed by atoms with Crippen LogP contribution in [0, 0.1) is 5.82 Å². The number of carbonyl (C=O) groups excluding carboxylic acids is 1. The van der Waals surface area contributed by atoms with E-state index >= 15 is 0 Å². The molecule has 0 saturated carbocycles. The predicted molar refractivity (Wildman–Crippen MR) is 127 cm³/mol. The van der Waals surface area contributed by atoms with Crippen LogP contribution in [0.1, 0.15) is 28.7 Å². The maximum absolute atomic E-state index is 13.7. The van der Waals surface area contributed by atoms with E-state index in [1.807, 2.05) is 55.6 Å². The molecule has 0 radical (unpaired) electrons. The number of carboxylic acids is 1. The van der Waals surface area contributed by atoms with Crippen LogP contribution in [0.3, 0.4) is 0 Å². The molecule has 1 amide bonds. The molecule has 3 aromatic rings. The van der Waals surface area contributed by atoms with Gasteiger partial charge in [-0.15, -0.1) is 0 Å². The van der Waals surface area contributed by atoms with Crippen LogP contribution in [0.25, 0.3) is 11.3 Å². The van der Waals surface area contributed by atoms with Crippen molar-refractivity contribution >= 4 is 34.5 Å². The maximum Gasteiger partial charge on any atom is 0.303 e. The van der Waals surface area contributed by atoms with E-state index in [0.29, 0.717) is 28.9 Å². The number of nitrogens with one attached hydrogen (secondary N) is 3. The fraction of sp³-hybridized carbons (Fsp3) is 0.154. The van der Waals surface area contributed by atoms with Gasteiger partial charge in [0.2, 0.25) is 0 Å². The summed E-state index contributed by atoms with van der Waals surface area (Å²) in [5.74, 6) is -1.59. The number of anilines is 2. The van der Waals surface area contributed by atoms with Crippen molar-refractivity contribution in [2.75, 3.05) is 17.7 Å². The molecule has 1 heterocycles. The molecule has 0 fully saturated rings. The Labute approximate surface area is 191 Å². The van der Waals surface area contributed by atoms with Gasteiger partial charge in [0.15, 0.2) is 0 Å². The fourth-order valence-corrected chi connectivity index (χ4v) is 3.82. The molecule has 3 aromatic carbocycles. The lowest BCUT2D eigenvalue weighted by molar-refractivity contribution is -0.137. The highest BCUT2D eigenvalue weighted by Gasteiger charge is 2.28. The Bertz CT molecular complexity index is 1220. The number of benzene rings is 3. The number of aliphatic carboxylic acids is 1. The average molecular weight is 445 g/mol. The lowest BCUT2D eigenvalue weighted by Gasteiger charge is -2.16. The van der Waals surface area contributed by atoms with Crippen molar-refractivity contribution in [3.63, 3.8) is 0 Å². The summed E-state index contributed by atoms with van der Waals surface area (Å²) < 4.78 is 13.7. The first kappa shape index (κ1) is 22.2. The first-order valence-corrected chi connectivity index (χ1v) is 10.6. The van der Waals surface area contributed by atoms with Crippen molar-refractivity contribution in [2.24, 2.45) is 0 Å². The maximum atomic E-state index is 13.7. The Kier molecular flexibility index (Phi) is 6.51. The number of hydrogen-bond donors (Lipinski definition) is 4. The number of halogens is 1. The number of rotatable bonds is 8. The van der Waals surface area contributed by atoms with Gasteiger partial charge in [0.05, 0.1) is 17.0 Å². The third-order valence-electron chi connectivity index (χ3n) is 5.45. The summed E-state index contributed by atoms with van der Waals surface area (Å²) >= 11 is 0. The van der Waals surface area contributed by atoms with Crippen LogP contribution in [0.2, 0.25) is 0 Å². The van der Waals surface area contributed by atoms with Gasteiger partial charge in [-0.25, -0.2) is 4.39 Å². The second kappa shape index (κ2) is 9.67. The molecule has 0 unspecified atom stereocenters. The van der Waals surface area contributed by atoms with E-state index in [1.54, 1.807) is 6.07 Å². The van der Waals surface area contributed by atoms with Crippen LogP contribution in [0.4, 0.5) is 15.8 Å². The molecule has 4 rings (SSSR count). The highest BCUT2D eigenvalue weighted by atomic mass is 19.1. The van der Waals surface area contributed by atoms with Crippen molar-refractivity contribution in [1.29, 1.82) is 0 Å². The zero-order valence-corrected chi connectivity index (χ0v) is 18.1. The van der Waals surface area contributed by atoms with Crippen LogP contribution >= 0.6 is 0 Å². The SMILES string of the molecule is CNCc1ccc(NC(=C2C(=O)Nc3cc(F)ccc32)c2ccc(CCC(=O)O)cc2)cc1. The van der Waals surface area contributed by atoms with Crippen molar-refractivity contribution in [1.82, 2.24) is 5.32 Å². The number of fused-ring (bicyclic) bond motifs is 1. The highest BCUT2D eigenvalue weighted by Crippen LogP contribution is 2.38. The number of carboxylic acid groups (broad SMARTS) is 1. The first-order valence-electron chi connectivity index (χ1n) is 10.6. The Morgan fingerprint density at radius 2 is 1.70 bits per heavy atom. The Balaban J connectivity index is 1.75. The average Bonchev–Trinajstić information content (AvgIpc) is 3.12. The smallest absolute Gasteiger partial charge is 0.303 e. The third-order valence-corrected chi connectivity index (χ3v) is 5.45. The quantitative estimate of drug-likeness (QED) is 0.384. The Morgan fingerprint density at radius 3 is 2.36 bits per heavy atom. The van der Waals surface area contributed by atoms with Crippen LogP contribution in [-0.4, -0.2) is 24.0 Å². The van der Waals surface area contributed by atoms with Crippen molar-refractivity contribution in [3.8, 4) is 0 Å². The minimum Gasteiger partial charge on any atom is -0.481 e. The van der Waals surface area contributed by atoms with Crippen molar-refractivity contribution in [2.45, 2.75) is 19.4 Å². The zero-order chi connectivity index (χ0) is 23.4. The van der Waals surface area contributed by atoms with Gasteiger partial charge in [0.25, 0.3) is 5.91 Å². The number of aryl methyl sites for hydroxylation is 1. The van der Waals surface area contributed by atoms with E-state index in [1.165, 1.54) is 12.1 Å². The zero-order valence-electron chi connectivity index (χ0n) is 18.1. The normalized spacial score (nSPS) is 13.9. The summed E-state index contributed by atoms with van der Waals surface area (Å²) in [4.78, 5) is 23.8. The highest BCUT2D eigenvalue weighted by molar-refractivity contribution is 6.37. The number of amides is 1. The lowest BCUT2D eigenvalue weighted by Crippen LogP contribution is -2.10. The van der Waals surface area contributed by atoms with Crippen LogP contribution in [0.5, 0.6) is 0 Å². The van der Waals surface area contributed by atoms with E-state index in [0.717, 1.165) is 28.9 Å². The summed E-state index contributed by atoms with van der Waals surface area (Å²) in [6.07, 6.45) is 0.469. The van der Waals surface area contributed by atoms with Gasteiger partial charge in [0.1, 0.15) is 5.82 Å². The summed E-state index contributed by atoms with van der Waals surface area (Å²) in [5, 5.41) is 18.2. The molecular weight excluding hydrogens is 421 g/mol. The Morgan fingerprint density at radius 1 is 1.00 bits per heavy atom. The molecular formula is C26H24FN3O3. The van der Waals surface area contributed by atoms with Gasteiger partial charge in [-0.3, -0.25) is 9.59 Å². The fourth-order valence-electron chi connectivity index (χ4n) is 3.82. The van der Waals surface area contributed by atoms with E-state index in [-0.39, 0.29) is 12.3 Å². The van der Waals surface area contributed by atoms with Gasteiger partial charge in [-0.1, -0.05) is 36.4 Å². The third kappa shape index (κ3) is 5.10. The standard InChI is InChI=1S/C26H24FN3O3/c1-28-15-17-4-10-20(11-5-17)29-25(18-7-2-16(3-8-18)6-13-23(31)32)24-21-12-9-19(27)14-22(21)30-26(24)33/h2-5,7-12,14,28-29H,6,13,15H2,1H3,(H,30,33)(H,31,32). The van der Waals surface area contributed by atoms with Gasteiger partial charge >= 0.3 is 5.97 Å². The molecule has 0 atom stereocenters. The summed E-state index contributed by atoms with van der Waals surface area (Å²) in [6, 6.07) is 19.5. The van der Waals surface area contributed by atoms with Gasteiger partial charge in [-0.2, -0.15) is 0 Å². The molecule has 0 aliphatic carbocycles. The topological polar surface area (TPSA) is 90.5 Å². The van der Waals surface area contributed by atoms with Crippen LogP contribution in [0.15, 0.2) is 66.7 Å². The molecule has 0 spiro atoms. The Hall–Kier alpha value is -3.97. The van der Waals surface area contributed by atoms with Gasteiger partial charge in [0, 0.05) is 24.2 Å². The number of hydrogen-bond acceptors (Lipinski definition) is 4. The van der Waals surface area contributed by atoms with E-state index in [2.05, 4.69) is 16.0 Å². The molecule has 1 aliphatic rings. The monoisotopic (exact) mass is 445 g/mol. The number of carbonyl (C=O) groups is 2. The van der Waals surface area contributed by atoms with E-state index in [9.17, 15) is 14.0 Å². The minimum atomic E-state index is -0.850. The van der Waals surface area contributed by atoms with Gasteiger partial charge < -0.3 is 21.1 Å². The molecule has 7 heteroatoms. The minimum absolute atomic E-state index is 0.0475. The largest absolute Gasteiger partial charge is 0.481 e. The molecule has 6 nitrogen and oxygen atoms in total. The molecule has 0 aromatic heterocycles. The van der Waals surface area contributed by atoms with Crippen molar-refractivity contribution in [3.05, 3.63) is 94.8 Å². The summed E-state index contributed by atoms with van der Waals surface area (Å²) in [6.45, 7) is 0.743. The molecule has 1 aliphatic heterocycles. The van der Waals surface area contributed by atoms with E-state index in [4.69, 9.17) is 5.11 Å². The molecule has 168 valence electrons. The molecule has 0 saturated heterocycles. The summed E-state index contributed by atoms with van der Waals surface area (Å²) in [5.41, 5.74) is 5.63. The van der Waals surface area contributed by atoms with Crippen molar-refractivity contribution < 1.29 is 19.1 Å². The second-order valence-corrected chi connectivity index (χ2v) is 7.84. The molecule has 33 heavy (non-hydrogen) atoms.